The minimum absolute atomic E-state index is 0.140. The van der Waals surface area contributed by atoms with Gasteiger partial charge in [-0.1, -0.05) is 6.92 Å². The number of aromatic amines is 1. The predicted octanol–water partition coefficient (Wildman–Crippen LogP) is 4.12. The Morgan fingerprint density at radius 2 is 2.00 bits per heavy atom. The molecule has 0 unspecified atom stereocenters. The van der Waals surface area contributed by atoms with E-state index in [0.29, 0.717) is 49.7 Å². The molecule has 0 spiro atoms. The van der Waals surface area contributed by atoms with E-state index < -0.39 is 11.7 Å². The molecule has 1 aromatic heterocycles. The van der Waals surface area contributed by atoms with E-state index in [-0.39, 0.29) is 23.8 Å². The molecule has 1 aliphatic rings. The molecule has 0 radical (unpaired) electrons. The van der Waals surface area contributed by atoms with E-state index in [4.69, 9.17) is 4.74 Å². The summed E-state index contributed by atoms with van der Waals surface area (Å²) < 4.78 is 46.8. The minimum Gasteiger partial charge on any atom is -0.487 e. The van der Waals surface area contributed by atoms with Crippen molar-refractivity contribution in [2.75, 3.05) is 19.6 Å². The van der Waals surface area contributed by atoms with Crippen LogP contribution in [0.3, 0.4) is 0 Å². The number of hydrogen-bond acceptors (Lipinski definition) is 3. The van der Waals surface area contributed by atoms with Crippen LogP contribution in [-0.4, -0.2) is 41.5 Å². The fourth-order valence-corrected chi connectivity index (χ4v) is 3.52. The molecule has 2 aromatic rings. The molecule has 0 bridgehead atoms. The van der Waals surface area contributed by atoms with Gasteiger partial charge < -0.3 is 14.6 Å². The zero-order valence-electron chi connectivity index (χ0n) is 15.7. The summed E-state index contributed by atoms with van der Waals surface area (Å²) >= 11 is 0. The van der Waals surface area contributed by atoms with Gasteiger partial charge in [-0.15, -0.1) is 0 Å². The number of nitrogens with one attached hydrogen (secondary N) is 1. The number of nitrogens with zero attached hydrogens (tertiary/aromatic N) is 1. The third-order valence-corrected chi connectivity index (χ3v) is 5.13. The molecule has 1 aromatic carbocycles. The highest BCUT2D eigenvalue weighted by molar-refractivity contribution is 5.86. The van der Waals surface area contributed by atoms with Gasteiger partial charge in [0.05, 0.1) is 5.39 Å². The van der Waals surface area contributed by atoms with E-state index in [0.717, 1.165) is 12.5 Å². The topological polar surface area (TPSA) is 45.3 Å². The Balaban J connectivity index is 1.69. The van der Waals surface area contributed by atoms with Gasteiger partial charge in [0.25, 0.3) is 5.56 Å². The lowest BCUT2D eigenvalue weighted by Gasteiger charge is -2.32. The zero-order chi connectivity index (χ0) is 19.6. The second-order valence-electron chi connectivity index (χ2n) is 7.28. The van der Waals surface area contributed by atoms with Crippen LogP contribution in [0.15, 0.2) is 23.1 Å². The van der Waals surface area contributed by atoms with E-state index >= 15 is 4.39 Å². The van der Waals surface area contributed by atoms with Gasteiger partial charge in [0, 0.05) is 37.6 Å². The molecule has 1 N–H and O–H groups in total. The van der Waals surface area contributed by atoms with E-state index in [1.165, 1.54) is 6.07 Å². The van der Waals surface area contributed by atoms with Gasteiger partial charge in [-0.2, -0.15) is 0 Å². The number of ether oxygens (including phenoxy) is 1. The number of benzene rings is 1. The number of fused-ring (bicyclic) bond motifs is 1. The van der Waals surface area contributed by atoms with Gasteiger partial charge in [0.2, 0.25) is 5.92 Å². The van der Waals surface area contributed by atoms with Crippen LogP contribution in [0.1, 0.15) is 38.7 Å². The minimum atomic E-state index is -2.66. The molecule has 1 aliphatic heterocycles. The van der Waals surface area contributed by atoms with E-state index in [9.17, 15) is 13.6 Å². The lowest BCUT2D eigenvalue weighted by molar-refractivity contribution is -0.00234. The number of aromatic nitrogens is 1. The zero-order valence-corrected chi connectivity index (χ0v) is 15.7. The first-order valence-corrected chi connectivity index (χ1v) is 9.38. The Morgan fingerprint density at radius 1 is 1.30 bits per heavy atom. The smallest absolute Gasteiger partial charge is 0.255 e. The van der Waals surface area contributed by atoms with Crippen molar-refractivity contribution in [3.05, 3.63) is 40.1 Å². The summed E-state index contributed by atoms with van der Waals surface area (Å²) in [6.07, 6.45) is 3.12. The van der Waals surface area contributed by atoms with Crippen molar-refractivity contribution in [2.24, 2.45) is 0 Å². The maximum absolute atomic E-state index is 15.0. The summed E-state index contributed by atoms with van der Waals surface area (Å²) in [4.78, 5) is 16.6. The van der Waals surface area contributed by atoms with Gasteiger partial charge in [-0.25, -0.2) is 13.2 Å². The molecule has 0 amide bonds. The Kier molecular flexibility index (Phi) is 5.79. The SMILES string of the molecule is CCc1c[nH]c(=O)c2ccc(OC3CCN(CCC(C)(F)F)CC3)c(F)c12. The molecule has 27 heavy (non-hydrogen) atoms. The lowest BCUT2D eigenvalue weighted by atomic mass is 10.0. The largest absolute Gasteiger partial charge is 0.487 e. The highest BCUT2D eigenvalue weighted by Crippen LogP contribution is 2.29. The highest BCUT2D eigenvalue weighted by Gasteiger charge is 2.26. The van der Waals surface area contributed by atoms with Crippen molar-refractivity contribution < 1.29 is 17.9 Å². The van der Waals surface area contributed by atoms with Crippen molar-refractivity contribution >= 4 is 10.8 Å². The van der Waals surface area contributed by atoms with Crippen molar-refractivity contribution in [3.63, 3.8) is 0 Å². The van der Waals surface area contributed by atoms with Crippen molar-refractivity contribution in [1.29, 1.82) is 0 Å². The molecule has 1 fully saturated rings. The lowest BCUT2D eigenvalue weighted by Crippen LogP contribution is -2.40. The van der Waals surface area contributed by atoms with Crippen LogP contribution in [0.25, 0.3) is 10.8 Å². The number of alkyl halides is 2. The molecular weight excluding hydrogens is 357 g/mol. The van der Waals surface area contributed by atoms with Crippen LogP contribution in [0.2, 0.25) is 0 Å². The maximum Gasteiger partial charge on any atom is 0.255 e. The normalized spacial score (nSPS) is 16.8. The van der Waals surface area contributed by atoms with Gasteiger partial charge in [0.1, 0.15) is 6.10 Å². The third-order valence-electron chi connectivity index (χ3n) is 5.13. The second kappa shape index (κ2) is 7.92. The average Bonchev–Trinajstić information content (AvgIpc) is 2.63. The van der Waals surface area contributed by atoms with Crippen LogP contribution in [0, 0.1) is 5.82 Å². The summed E-state index contributed by atoms with van der Waals surface area (Å²) in [6.45, 7) is 4.48. The fourth-order valence-electron chi connectivity index (χ4n) is 3.52. The van der Waals surface area contributed by atoms with Crippen molar-refractivity contribution in [3.8, 4) is 5.75 Å². The quantitative estimate of drug-likeness (QED) is 0.818. The summed E-state index contributed by atoms with van der Waals surface area (Å²) in [5.74, 6) is -3.03. The van der Waals surface area contributed by atoms with E-state index in [1.54, 1.807) is 12.3 Å². The Labute approximate surface area is 156 Å². The molecule has 4 nitrogen and oxygen atoms in total. The molecule has 2 heterocycles. The molecule has 3 rings (SSSR count). The number of halogens is 3. The van der Waals surface area contributed by atoms with Gasteiger partial charge in [0.15, 0.2) is 11.6 Å². The number of H-pyrrole nitrogens is 1. The first kappa shape index (κ1) is 19.7. The molecular formula is C20H25F3N2O2. The first-order valence-electron chi connectivity index (χ1n) is 9.38. The Bertz CT molecular complexity index is 853. The van der Waals surface area contributed by atoms with Crippen LogP contribution in [0.5, 0.6) is 5.75 Å². The van der Waals surface area contributed by atoms with Gasteiger partial charge >= 0.3 is 0 Å². The molecule has 0 atom stereocenters. The predicted molar refractivity (Wildman–Crippen MR) is 99.2 cm³/mol. The first-order chi connectivity index (χ1) is 12.8. The number of piperidine rings is 1. The summed E-state index contributed by atoms with van der Waals surface area (Å²) in [7, 11) is 0. The van der Waals surface area contributed by atoms with Crippen LogP contribution >= 0.6 is 0 Å². The van der Waals surface area contributed by atoms with Crippen LogP contribution in [0.4, 0.5) is 13.2 Å². The number of hydrogen-bond donors (Lipinski definition) is 1. The molecule has 148 valence electrons. The summed E-state index contributed by atoms with van der Waals surface area (Å²) in [6, 6.07) is 3.08. The number of pyridine rings is 1. The Morgan fingerprint density at radius 3 is 2.63 bits per heavy atom. The van der Waals surface area contributed by atoms with Crippen LogP contribution in [-0.2, 0) is 6.42 Å². The second-order valence-corrected chi connectivity index (χ2v) is 7.28. The molecule has 1 saturated heterocycles. The monoisotopic (exact) mass is 382 g/mol. The number of aryl methyl sites for hydroxylation is 1. The standard InChI is InChI=1S/C20H25F3N2O2/c1-3-13-12-24-19(26)15-4-5-16(18(21)17(13)15)27-14-6-9-25(10-7-14)11-8-20(2,22)23/h4-5,12,14H,3,6-11H2,1-2H3,(H,24,26). The maximum atomic E-state index is 15.0. The van der Waals surface area contributed by atoms with E-state index in [2.05, 4.69) is 4.98 Å². The van der Waals surface area contributed by atoms with Gasteiger partial charge in [-0.3, -0.25) is 4.79 Å². The average molecular weight is 382 g/mol. The van der Waals surface area contributed by atoms with Crippen molar-refractivity contribution in [1.82, 2.24) is 9.88 Å². The number of likely N-dealkylation sites (tertiary alicyclic amines) is 1. The van der Waals surface area contributed by atoms with Crippen LogP contribution < -0.4 is 10.3 Å². The van der Waals surface area contributed by atoms with Crippen molar-refractivity contribution in [2.45, 2.75) is 51.6 Å². The molecule has 7 heteroatoms. The number of rotatable bonds is 6. The molecule has 0 aliphatic carbocycles. The summed E-state index contributed by atoms with van der Waals surface area (Å²) in [5, 5.41) is 0.621. The fraction of sp³-hybridized carbons (Fsp3) is 0.550. The third kappa shape index (κ3) is 4.64. The van der Waals surface area contributed by atoms with E-state index in [1.807, 2.05) is 11.8 Å². The van der Waals surface area contributed by atoms with Gasteiger partial charge in [-0.05, 0) is 43.9 Å². The molecule has 0 saturated carbocycles. The summed E-state index contributed by atoms with van der Waals surface area (Å²) in [5.41, 5.74) is 0.400. The Hall–Kier alpha value is -2.02. The highest BCUT2D eigenvalue weighted by atomic mass is 19.3.